The van der Waals surface area contributed by atoms with Gasteiger partial charge in [-0.3, -0.25) is 0 Å². The molecule has 0 aromatic rings. The van der Waals surface area contributed by atoms with Crippen molar-refractivity contribution in [3.8, 4) is 0 Å². The largest absolute Gasteiger partial charge is 0.394 e. The van der Waals surface area contributed by atoms with E-state index in [1.54, 1.807) is 6.92 Å². The second-order valence-electron chi connectivity index (χ2n) is 5.73. The number of hydrogen-bond acceptors (Lipinski definition) is 9. The molecule has 2 fully saturated rings. The molecule has 0 amide bonds. The van der Waals surface area contributed by atoms with Crippen LogP contribution >= 0.6 is 0 Å². The third kappa shape index (κ3) is 4.59. The van der Waals surface area contributed by atoms with Gasteiger partial charge in [-0.05, 0) is 6.92 Å². The van der Waals surface area contributed by atoms with Crippen LogP contribution < -0.4 is 0 Å². The van der Waals surface area contributed by atoms with E-state index in [2.05, 4.69) is 0 Å². The van der Waals surface area contributed by atoms with E-state index in [1.165, 1.54) is 0 Å². The number of aliphatic hydroxyl groups is 5. The molecule has 0 aromatic heterocycles. The minimum atomic E-state index is -1.21. The molecule has 9 heteroatoms. The van der Waals surface area contributed by atoms with E-state index in [0.29, 0.717) is 6.61 Å². The zero-order valence-electron chi connectivity index (χ0n) is 13.0. The van der Waals surface area contributed by atoms with Crippen molar-refractivity contribution in [2.45, 2.75) is 69.0 Å². The van der Waals surface area contributed by atoms with Gasteiger partial charge in [0.15, 0.2) is 12.6 Å². The Morgan fingerprint density at radius 3 is 2.13 bits per heavy atom. The predicted octanol–water partition coefficient (Wildman–Crippen LogP) is -2.29. The number of aliphatic hydroxyl groups excluding tert-OH is 5. The lowest BCUT2D eigenvalue weighted by Crippen LogP contribution is -2.56. The van der Waals surface area contributed by atoms with E-state index in [4.69, 9.17) is 24.1 Å². The van der Waals surface area contributed by atoms with Gasteiger partial charge in [0.1, 0.15) is 24.4 Å². The van der Waals surface area contributed by atoms with E-state index < -0.39 is 55.8 Å². The molecule has 2 heterocycles. The van der Waals surface area contributed by atoms with Gasteiger partial charge in [0.25, 0.3) is 0 Å². The monoisotopic (exact) mass is 338 g/mol. The summed E-state index contributed by atoms with van der Waals surface area (Å²) < 4.78 is 21.8. The van der Waals surface area contributed by atoms with Gasteiger partial charge in [-0.15, -0.1) is 0 Å². The third-order valence-electron chi connectivity index (χ3n) is 4.06. The Morgan fingerprint density at radius 2 is 1.52 bits per heavy atom. The Morgan fingerprint density at radius 1 is 0.913 bits per heavy atom. The molecule has 4 unspecified atom stereocenters. The SMILES string of the molecule is CCO[C@@H]1C[C@@H](O)[C@H](OC2CC(O)C(O)[C@@H](CO)O2)C(CO)O1. The van der Waals surface area contributed by atoms with Crippen molar-refractivity contribution < 1.29 is 44.5 Å². The maximum absolute atomic E-state index is 10.2. The van der Waals surface area contributed by atoms with E-state index >= 15 is 0 Å². The van der Waals surface area contributed by atoms with Crippen LogP contribution in [0.1, 0.15) is 19.8 Å². The van der Waals surface area contributed by atoms with Crippen molar-refractivity contribution in [3.63, 3.8) is 0 Å². The second-order valence-corrected chi connectivity index (χ2v) is 5.73. The van der Waals surface area contributed by atoms with Gasteiger partial charge < -0.3 is 44.5 Å². The fourth-order valence-electron chi connectivity index (χ4n) is 2.85. The maximum Gasteiger partial charge on any atom is 0.161 e. The fraction of sp³-hybridized carbons (Fsp3) is 1.00. The summed E-state index contributed by atoms with van der Waals surface area (Å²) in [6, 6.07) is 0. The Balaban J connectivity index is 1.97. The van der Waals surface area contributed by atoms with Gasteiger partial charge in [-0.25, -0.2) is 0 Å². The lowest BCUT2D eigenvalue weighted by molar-refractivity contribution is -0.320. The van der Waals surface area contributed by atoms with Gasteiger partial charge in [0.2, 0.25) is 0 Å². The van der Waals surface area contributed by atoms with Crippen LogP contribution in [0, 0.1) is 0 Å². The first-order chi connectivity index (χ1) is 11.0. The minimum Gasteiger partial charge on any atom is -0.394 e. The summed E-state index contributed by atoms with van der Waals surface area (Å²) in [4.78, 5) is 0. The predicted molar refractivity (Wildman–Crippen MR) is 75.2 cm³/mol. The van der Waals surface area contributed by atoms with Gasteiger partial charge in [-0.2, -0.15) is 0 Å². The molecule has 5 N–H and O–H groups in total. The van der Waals surface area contributed by atoms with Crippen LogP contribution in [-0.4, -0.2) is 94.6 Å². The summed E-state index contributed by atoms with van der Waals surface area (Å²) in [5.41, 5.74) is 0. The second kappa shape index (κ2) is 8.65. The summed E-state index contributed by atoms with van der Waals surface area (Å²) in [6.07, 6.45) is -7.33. The molecule has 0 spiro atoms. The summed E-state index contributed by atoms with van der Waals surface area (Å²) in [6.45, 7) is 1.35. The van der Waals surface area contributed by atoms with Crippen molar-refractivity contribution in [2.75, 3.05) is 19.8 Å². The van der Waals surface area contributed by atoms with E-state index in [9.17, 15) is 20.4 Å². The van der Waals surface area contributed by atoms with Crippen LogP contribution in [0.5, 0.6) is 0 Å². The first-order valence-corrected chi connectivity index (χ1v) is 7.84. The molecular formula is C14H26O9. The Labute approximate surface area is 134 Å². The van der Waals surface area contributed by atoms with Crippen molar-refractivity contribution in [1.29, 1.82) is 0 Å². The molecular weight excluding hydrogens is 312 g/mol. The first-order valence-electron chi connectivity index (χ1n) is 7.84. The zero-order chi connectivity index (χ0) is 17.0. The smallest absolute Gasteiger partial charge is 0.161 e. The van der Waals surface area contributed by atoms with Crippen LogP contribution in [0.15, 0.2) is 0 Å². The average Bonchev–Trinajstić information content (AvgIpc) is 2.53. The summed E-state index contributed by atoms with van der Waals surface area (Å²) in [5, 5.41) is 48.3. The topological polar surface area (TPSA) is 138 Å². The Kier molecular flexibility index (Phi) is 7.14. The lowest BCUT2D eigenvalue weighted by Gasteiger charge is -2.42. The lowest BCUT2D eigenvalue weighted by atomic mass is 10.00. The third-order valence-corrected chi connectivity index (χ3v) is 4.06. The number of rotatable bonds is 6. The molecule has 8 atom stereocenters. The minimum absolute atomic E-state index is 0.0199. The van der Waals surface area contributed by atoms with Gasteiger partial charge >= 0.3 is 0 Å². The molecule has 2 aliphatic rings. The Bertz CT molecular complexity index is 355. The van der Waals surface area contributed by atoms with Crippen molar-refractivity contribution in [3.05, 3.63) is 0 Å². The number of hydrogen-bond donors (Lipinski definition) is 5. The summed E-state index contributed by atoms with van der Waals surface area (Å²) >= 11 is 0. The number of ether oxygens (including phenoxy) is 4. The molecule has 0 aromatic carbocycles. The normalized spacial score (nSPS) is 45.1. The molecule has 9 nitrogen and oxygen atoms in total. The van der Waals surface area contributed by atoms with Crippen LogP contribution in [-0.2, 0) is 18.9 Å². The van der Waals surface area contributed by atoms with Crippen LogP contribution in [0.3, 0.4) is 0 Å². The maximum atomic E-state index is 10.2. The average molecular weight is 338 g/mol. The van der Waals surface area contributed by atoms with E-state index in [1.807, 2.05) is 0 Å². The molecule has 0 saturated carbocycles. The highest BCUT2D eigenvalue weighted by Gasteiger charge is 2.43. The molecule has 136 valence electrons. The highest BCUT2D eigenvalue weighted by molar-refractivity contribution is 4.87. The van der Waals surface area contributed by atoms with Gasteiger partial charge in [-0.1, -0.05) is 0 Å². The summed E-state index contributed by atoms with van der Waals surface area (Å²) in [5.74, 6) is 0. The van der Waals surface area contributed by atoms with Crippen LogP contribution in [0.4, 0.5) is 0 Å². The van der Waals surface area contributed by atoms with Crippen LogP contribution in [0.2, 0.25) is 0 Å². The molecule has 2 rings (SSSR count). The highest BCUT2D eigenvalue weighted by Crippen LogP contribution is 2.28. The molecule has 0 aliphatic carbocycles. The molecule has 23 heavy (non-hydrogen) atoms. The van der Waals surface area contributed by atoms with Crippen molar-refractivity contribution in [2.24, 2.45) is 0 Å². The fourth-order valence-corrected chi connectivity index (χ4v) is 2.85. The van der Waals surface area contributed by atoms with Crippen molar-refractivity contribution >= 4 is 0 Å². The highest BCUT2D eigenvalue weighted by atomic mass is 16.7. The molecule has 0 radical (unpaired) electrons. The van der Waals surface area contributed by atoms with E-state index in [-0.39, 0.29) is 19.4 Å². The summed E-state index contributed by atoms with van der Waals surface area (Å²) in [7, 11) is 0. The molecule has 0 bridgehead atoms. The zero-order valence-corrected chi connectivity index (χ0v) is 13.0. The van der Waals surface area contributed by atoms with Gasteiger partial charge in [0.05, 0.1) is 25.4 Å². The van der Waals surface area contributed by atoms with Gasteiger partial charge in [0, 0.05) is 19.4 Å². The van der Waals surface area contributed by atoms with Crippen LogP contribution in [0.25, 0.3) is 0 Å². The quantitative estimate of drug-likeness (QED) is 0.362. The van der Waals surface area contributed by atoms with Crippen molar-refractivity contribution in [1.82, 2.24) is 0 Å². The Hall–Kier alpha value is -0.360. The van der Waals surface area contributed by atoms with E-state index in [0.717, 1.165) is 0 Å². The molecule has 2 aliphatic heterocycles. The standard InChI is InChI=1S/C14H26O9/c1-2-20-11-4-8(18)14(10(6-16)22-11)23-12-3-7(17)13(19)9(5-15)21-12/h7-19H,2-6H2,1H3/t7?,8-,9-,10?,11+,12?,13?,14+/m1/s1. The first kappa shape index (κ1) is 19.0. The molecule has 2 saturated heterocycles.